The fraction of sp³-hybridized carbons (Fsp3) is 0.600. The van der Waals surface area contributed by atoms with Gasteiger partial charge in [0.05, 0.1) is 25.2 Å². The molecule has 4 rings (SSSR count). The van der Waals surface area contributed by atoms with E-state index < -0.39 is 0 Å². The van der Waals surface area contributed by atoms with Gasteiger partial charge in [0.2, 0.25) is 0 Å². The van der Waals surface area contributed by atoms with E-state index in [9.17, 15) is 0 Å². The number of nitrogens with one attached hydrogen (secondary N) is 1. The summed E-state index contributed by atoms with van der Waals surface area (Å²) in [6.07, 6.45) is 10.9. The summed E-state index contributed by atoms with van der Waals surface area (Å²) in [6.45, 7) is 3.41. The van der Waals surface area contributed by atoms with E-state index in [1.54, 1.807) is 12.5 Å². The SMILES string of the molecule is c1cn2cncc2c(NCC2CC3(CCOCC3)CO2)n1. The van der Waals surface area contributed by atoms with Gasteiger partial charge in [0.15, 0.2) is 5.82 Å². The van der Waals surface area contributed by atoms with Crippen molar-refractivity contribution in [3.05, 3.63) is 24.9 Å². The largest absolute Gasteiger partial charge is 0.381 e. The van der Waals surface area contributed by atoms with Gasteiger partial charge in [-0.15, -0.1) is 0 Å². The minimum atomic E-state index is 0.257. The first-order valence-corrected chi connectivity index (χ1v) is 7.55. The normalized spacial score (nSPS) is 24.7. The third-order valence-electron chi connectivity index (χ3n) is 4.68. The van der Waals surface area contributed by atoms with Crippen molar-refractivity contribution in [3.63, 3.8) is 0 Å². The number of fused-ring (bicyclic) bond motifs is 1. The minimum Gasteiger partial charge on any atom is -0.381 e. The summed E-state index contributed by atoms with van der Waals surface area (Å²) < 4.78 is 13.4. The van der Waals surface area contributed by atoms with Crippen molar-refractivity contribution >= 4 is 11.3 Å². The molecule has 1 spiro atoms. The lowest BCUT2D eigenvalue weighted by Crippen LogP contribution is -2.30. The zero-order valence-electron chi connectivity index (χ0n) is 12.0. The smallest absolute Gasteiger partial charge is 0.152 e. The second kappa shape index (κ2) is 5.27. The van der Waals surface area contributed by atoms with Crippen molar-refractivity contribution in [1.82, 2.24) is 14.4 Å². The summed E-state index contributed by atoms with van der Waals surface area (Å²) in [5.74, 6) is 0.867. The third kappa shape index (κ3) is 2.49. The Morgan fingerprint density at radius 1 is 1.38 bits per heavy atom. The Kier molecular flexibility index (Phi) is 3.27. The third-order valence-corrected chi connectivity index (χ3v) is 4.68. The average molecular weight is 288 g/mol. The average Bonchev–Trinajstić information content (AvgIpc) is 3.13. The Bertz CT molecular complexity index is 621. The van der Waals surface area contributed by atoms with Crippen LogP contribution in [0.5, 0.6) is 0 Å². The van der Waals surface area contributed by atoms with Crippen molar-refractivity contribution < 1.29 is 9.47 Å². The second-order valence-electron chi connectivity index (χ2n) is 6.09. The maximum absolute atomic E-state index is 5.99. The lowest BCUT2D eigenvalue weighted by atomic mass is 9.78. The van der Waals surface area contributed by atoms with Crippen molar-refractivity contribution in [1.29, 1.82) is 0 Å². The first-order chi connectivity index (χ1) is 10.3. The fourth-order valence-corrected chi connectivity index (χ4v) is 3.38. The van der Waals surface area contributed by atoms with Gasteiger partial charge in [0.1, 0.15) is 5.52 Å². The van der Waals surface area contributed by atoms with Crippen LogP contribution in [0, 0.1) is 5.41 Å². The van der Waals surface area contributed by atoms with Gasteiger partial charge in [-0.05, 0) is 19.3 Å². The van der Waals surface area contributed by atoms with Gasteiger partial charge >= 0.3 is 0 Å². The molecule has 0 bridgehead atoms. The number of anilines is 1. The van der Waals surface area contributed by atoms with Crippen molar-refractivity contribution in [2.45, 2.75) is 25.4 Å². The molecule has 2 saturated heterocycles. The Morgan fingerprint density at radius 3 is 3.19 bits per heavy atom. The zero-order valence-corrected chi connectivity index (χ0v) is 12.0. The number of imidazole rings is 1. The highest BCUT2D eigenvalue weighted by molar-refractivity contribution is 5.66. The molecule has 1 N–H and O–H groups in total. The highest BCUT2D eigenvalue weighted by atomic mass is 16.5. The minimum absolute atomic E-state index is 0.257. The van der Waals surface area contributed by atoms with E-state index in [0.29, 0.717) is 5.41 Å². The summed E-state index contributed by atoms with van der Waals surface area (Å²) in [7, 11) is 0. The maximum Gasteiger partial charge on any atom is 0.152 e. The summed E-state index contributed by atoms with van der Waals surface area (Å²) in [5, 5.41) is 3.41. The molecular formula is C15H20N4O2. The van der Waals surface area contributed by atoms with Gasteiger partial charge in [-0.1, -0.05) is 0 Å². The topological polar surface area (TPSA) is 60.7 Å². The van der Waals surface area contributed by atoms with Crippen molar-refractivity contribution in [2.24, 2.45) is 5.41 Å². The summed E-state index contributed by atoms with van der Waals surface area (Å²) >= 11 is 0. The molecule has 2 aliphatic rings. The van der Waals surface area contributed by atoms with Gasteiger partial charge in [-0.3, -0.25) is 0 Å². The molecule has 2 fully saturated rings. The lowest BCUT2D eigenvalue weighted by molar-refractivity contribution is 0.00731. The van der Waals surface area contributed by atoms with Crippen LogP contribution in [0.15, 0.2) is 24.9 Å². The van der Waals surface area contributed by atoms with E-state index in [2.05, 4.69) is 15.3 Å². The molecule has 21 heavy (non-hydrogen) atoms. The monoisotopic (exact) mass is 288 g/mol. The van der Waals surface area contributed by atoms with Crippen molar-refractivity contribution in [3.8, 4) is 0 Å². The zero-order chi connectivity index (χ0) is 14.1. The summed E-state index contributed by atoms with van der Waals surface area (Å²) in [4.78, 5) is 8.54. The fourth-order valence-electron chi connectivity index (χ4n) is 3.38. The summed E-state index contributed by atoms with van der Waals surface area (Å²) in [6, 6.07) is 0. The van der Waals surface area contributed by atoms with Crippen LogP contribution in [0.4, 0.5) is 5.82 Å². The molecule has 1 atom stereocenters. The predicted molar refractivity (Wildman–Crippen MR) is 78.3 cm³/mol. The van der Waals surface area contributed by atoms with Crippen LogP contribution in [-0.2, 0) is 9.47 Å². The van der Waals surface area contributed by atoms with Crippen LogP contribution in [0.25, 0.3) is 5.52 Å². The molecule has 0 saturated carbocycles. The van der Waals surface area contributed by atoms with E-state index in [1.165, 1.54) is 0 Å². The van der Waals surface area contributed by atoms with Crippen LogP contribution >= 0.6 is 0 Å². The van der Waals surface area contributed by atoms with Crippen LogP contribution in [0.3, 0.4) is 0 Å². The molecule has 0 aromatic carbocycles. The number of aromatic nitrogens is 3. The van der Waals surface area contributed by atoms with Crippen LogP contribution in [0.2, 0.25) is 0 Å². The predicted octanol–water partition coefficient (Wildman–Crippen LogP) is 1.73. The van der Waals surface area contributed by atoms with Crippen LogP contribution in [0.1, 0.15) is 19.3 Å². The summed E-state index contributed by atoms with van der Waals surface area (Å²) in [5.41, 5.74) is 1.34. The van der Waals surface area contributed by atoms with Gasteiger partial charge in [0, 0.05) is 37.6 Å². The molecule has 1 unspecified atom stereocenters. The lowest BCUT2D eigenvalue weighted by Gasteiger charge is -2.31. The van der Waals surface area contributed by atoms with Gasteiger partial charge in [-0.25, -0.2) is 9.97 Å². The highest BCUT2D eigenvalue weighted by Gasteiger charge is 2.41. The van der Waals surface area contributed by atoms with E-state index >= 15 is 0 Å². The first kappa shape index (κ1) is 13.0. The number of hydrogen-bond donors (Lipinski definition) is 1. The van der Waals surface area contributed by atoms with Gasteiger partial charge < -0.3 is 19.2 Å². The number of nitrogens with zero attached hydrogens (tertiary/aromatic N) is 3. The van der Waals surface area contributed by atoms with E-state index in [1.807, 2.05) is 16.8 Å². The van der Waals surface area contributed by atoms with Gasteiger partial charge in [-0.2, -0.15) is 0 Å². The molecule has 112 valence electrons. The first-order valence-electron chi connectivity index (χ1n) is 7.55. The number of hydrogen-bond acceptors (Lipinski definition) is 5. The molecule has 2 aromatic rings. The number of rotatable bonds is 3. The molecule has 6 nitrogen and oxygen atoms in total. The molecule has 4 heterocycles. The molecule has 0 amide bonds. The Labute approximate surface area is 123 Å². The highest BCUT2D eigenvalue weighted by Crippen LogP contribution is 2.41. The molecule has 2 aromatic heterocycles. The second-order valence-corrected chi connectivity index (χ2v) is 6.09. The quantitative estimate of drug-likeness (QED) is 0.932. The van der Waals surface area contributed by atoms with E-state index in [4.69, 9.17) is 9.47 Å². The molecular weight excluding hydrogens is 268 g/mol. The standard InChI is InChI=1S/C15H20N4O2/c1-5-20-6-2-15(1)7-12(21-10-15)8-18-14-13-9-16-11-19(13)4-3-17-14/h3-4,9,11-12H,1-2,5-8,10H2,(H,17,18). The van der Waals surface area contributed by atoms with E-state index in [-0.39, 0.29) is 6.10 Å². The Morgan fingerprint density at radius 2 is 2.29 bits per heavy atom. The van der Waals surface area contributed by atoms with Crippen molar-refractivity contribution in [2.75, 3.05) is 31.7 Å². The van der Waals surface area contributed by atoms with Crippen LogP contribution in [-0.4, -0.2) is 46.8 Å². The van der Waals surface area contributed by atoms with E-state index in [0.717, 1.165) is 57.0 Å². The van der Waals surface area contributed by atoms with Gasteiger partial charge in [0.25, 0.3) is 0 Å². The molecule has 0 radical (unpaired) electrons. The maximum atomic E-state index is 5.99. The molecule has 6 heteroatoms. The Balaban J connectivity index is 1.40. The van der Waals surface area contributed by atoms with Crippen LogP contribution < -0.4 is 5.32 Å². The number of ether oxygens (including phenoxy) is 2. The molecule has 2 aliphatic heterocycles. The molecule has 0 aliphatic carbocycles. The Hall–Kier alpha value is -1.66.